The van der Waals surface area contributed by atoms with Gasteiger partial charge in [0, 0.05) is 31.0 Å². The summed E-state index contributed by atoms with van der Waals surface area (Å²) in [5.41, 5.74) is 3.37. The van der Waals surface area contributed by atoms with Crippen molar-refractivity contribution in [3.8, 4) is 0 Å². The molecule has 0 fully saturated rings. The number of ether oxygens (including phenoxy) is 1. The van der Waals surface area contributed by atoms with Gasteiger partial charge in [0.25, 0.3) is 0 Å². The molecule has 3 rings (SSSR count). The smallest absolute Gasteiger partial charge is 0.337 e. The lowest BCUT2D eigenvalue weighted by atomic mass is 10.2. The van der Waals surface area contributed by atoms with E-state index in [1.807, 2.05) is 38.2 Å². The van der Waals surface area contributed by atoms with Gasteiger partial charge in [-0.2, -0.15) is 4.98 Å². The summed E-state index contributed by atoms with van der Waals surface area (Å²) < 4.78 is 4.71. The van der Waals surface area contributed by atoms with Crippen LogP contribution in [0.3, 0.4) is 0 Å². The molecule has 0 atom stereocenters. The Hall–Kier alpha value is -3.41. The molecular formula is C21H22N4O2. The van der Waals surface area contributed by atoms with Crippen molar-refractivity contribution in [3.63, 3.8) is 0 Å². The number of hydrogen-bond acceptors (Lipinski definition) is 6. The first-order valence-electron chi connectivity index (χ1n) is 8.61. The highest BCUT2D eigenvalue weighted by atomic mass is 16.5. The lowest BCUT2D eigenvalue weighted by molar-refractivity contribution is 0.0601. The van der Waals surface area contributed by atoms with Gasteiger partial charge in [-0.15, -0.1) is 0 Å². The zero-order valence-corrected chi connectivity index (χ0v) is 15.6. The number of hydrogen-bond donors (Lipinski definition) is 1. The molecule has 138 valence electrons. The van der Waals surface area contributed by atoms with E-state index < -0.39 is 0 Å². The maximum absolute atomic E-state index is 11.5. The molecule has 6 heteroatoms. The zero-order chi connectivity index (χ0) is 19.2. The van der Waals surface area contributed by atoms with Crippen molar-refractivity contribution in [1.82, 2.24) is 9.97 Å². The van der Waals surface area contributed by atoms with Gasteiger partial charge in [0.2, 0.25) is 5.95 Å². The topological polar surface area (TPSA) is 67.3 Å². The first-order chi connectivity index (χ1) is 13.0. The van der Waals surface area contributed by atoms with Crippen LogP contribution in [0.1, 0.15) is 21.6 Å². The van der Waals surface area contributed by atoms with Gasteiger partial charge in [0.15, 0.2) is 0 Å². The Bertz CT molecular complexity index is 911. The maximum Gasteiger partial charge on any atom is 0.337 e. The SMILES string of the molecule is COC(=O)c1ccc(Nc2nc(C)cc(N(C)Cc3ccccc3)n2)cc1. The number of aryl methyl sites for hydroxylation is 1. The van der Waals surface area contributed by atoms with Crippen LogP contribution in [0.15, 0.2) is 60.7 Å². The average molecular weight is 362 g/mol. The van der Waals surface area contributed by atoms with E-state index in [4.69, 9.17) is 4.74 Å². The van der Waals surface area contributed by atoms with Crippen molar-refractivity contribution in [1.29, 1.82) is 0 Å². The number of carbonyl (C=O) groups excluding carboxylic acids is 1. The van der Waals surface area contributed by atoms with Crippen molar-refractivity contribution in [2.24, 2.45) is 0 Å². The minimum absolute atomic E-state index is 0.363. The molecule has 2 aromatic carbocycles. The summed E-state index contributed by atoms with van der Waals surface area (Å²) in [6, 6.07) is 19.2. The molecule has 0 unspecified atom stereocenters. The van der Waals surface area contributed by atoms with Gasteiger partial charge in [-0.1, -0.05) is 30.3 Å². The predicted octanol–water partition coefficient (Wildman–Crippen LogP) is 3.95. The molecule has 3 aromatic rings. The third-order valence-electron chi connectivity index (χ3n) is 4.06. The van der Waals surface area contributed by atoms with Gasteiger partial charge in [-0.25, -0.2) is 9.78 Å². The number of rotatable bonds is 6. The highest BCUT2D eigenvalue weighted by Gasteiger charge is 2.09. The van der Waals surface area contributed by atoms with E-state index in [-0.39, 0.29) is 5.97 Å². The third-order valence-corrected chi connectivity index (χ3v) is 4.06. The molecule has 0 bridgehead atoms. The molecule has 1 aromatic heterocycles. The van der Waals surface area contributed by atoms with Crippen molar-refractivity contribution in [2.45, 2.75) is 13.5 Å². The van der Waals surface area contributed by atoms with Crippen LogP contribution in [0.4, 0.5) is 17.5 Å². The zero-order valence-electron chi connectivity index (χ0n) is 15.6. The molecule has 1 N–H and O–H groups in total. The first-order valence-corrected chi connectivity index (χ1v) is 8.61. The molecule has 0 amide bonds. The molecule has 6 nitrogen and oxygen atoms in total. The Balaban J connectivity index is 1.76. The first kappa shape index (κ1) is 18.4. The number of nitrogens with one attached hydrogen (secondary N) is 1. The largest absolute Gasteiger partial charge is 0.465 e. The second-order valence-electron chi connectivity index (χ2n) is 6.23. The summed E-state index contributed by atoms with van der Waals surface area (Å²) in [4.78, 5) is 22.7. The minimum atomic E-state index is -0.363. The van der Waals surface area contributed by atoms with Crippen LogP contribution in [0.2, 0.25) is 0 Å². The molecule has 0 saturated heterocycles. The molecule has 0 aliphatic rings. The van der Waals surface area contributed by atoms with E-state index in [0.717, 1.165) is 23.7 Å². The average Bonchev–Trinajstić information content (AvgIpc) is 2.68. The van der Waals surface area contributed by atoms with Crippen LogP contribution < -0.4 is 10.2 Å². The summed E-state index contributed by atoms with van der Waals surface area (Å²) in [7, 11) is 3.37. The second-order valence-corrected chi connectivity index (χ2v) is 6.23. The summed E-state index contributed by atoms with van der Waals surface area (Å²) in [6.07, 6.45) is 0. The van der Waals surface area contributed by atoms with Gasteiger partial charge >= 0.3 is 5.97 Å². The Labute approximate surface area is 158 Å². The minimum Gasteiger partial charge on any atom is -0.465 e. The number of esters is 1. The Kier molecular flexibility index (Phi) is 5.66. The van der Waals surface area contributed by atoms with Crippen LogP contribution in [0.25, 0.3) is 0 Å². The number of aromatic nitrogens is 2. The van der Waals surface area contributed by atoms with Crippen LogP contribution in [-0.4, -0.2) is 30.1 Å². The van der Waals surface area contributed by atoms with Crippen LogP contribution in [0, 0.1) is 6.92 Å². The summed E-state index contributed by atoms with van der Waals surface area (Å²) in [5.74, 6) is 0.981. The molecule has 0 aliphatic heterocycles. The van der Waals surface area contributed by atoms with Crippen LogP contribution in [0.5, 0.6) is 0 Å². The quantitative estimate of drug-likeness (QED) is 0.670. The van der Waals surface area contributed by atoms with Gasteiger partial charge in [-0.3, -0.25) is 0 Å². The summed E-state index contributed by atoms with van der Waals surface area (Å²) in [6.45, 7) is 2.69. The van der Waals surface area contributed by atoms with Crippen LogP contribution >= 0.6 is 0 Å². The molecule has 0 aliphatic carbocycles. The van der Waals surface area contributed by atoms with E-state index >= 15 is 0 Å². The molecule has 0 spiro atoms. The lowest BCUT2D eigenvalue weighted by Crippen LogP contribution is -2.18. The van der Waals surface area contributed by atoms with Crippen molar-refractivity contribution >= 4 is 23.4 Å². The van der Waals surface area contributed by atoms with E-state index in [0.29, 0.717) is 11.5 Å². The molecule has 27 heavy (non-hydrogen) atoms. The molecular weight excluding hydrogens is 340 g/mol. The maximum atomic E-state index is 11.5. The van der Waals surface area contributed by atoms with Gasteiger partial charge in [-0.05, 0) is 36.8 Å². The van der Waals surface area contributed by atoms with Crippen molar-refractivity contribution in [3.05, 3.63) is 77.5 Å². The molecule has 0 radical (unpaired) electrons. The fourth-order valence-electron chi connectivity index (χ4n) is 2.68. The fourth-order valence-corrected chi connectivity index (χ4v) is 2.68. The Morgan fingerprint density at radius 2 is 1.78 bits per heavy atom. The highest BCUT2D eigenvalue weighted by Crippen LogP contribution is 2.19. The third kappa shape index (κ3) is 4.82. The Morgan fingerprint density at radius 1 is 1.07 bits per heavy atom. The number of benzene rings is 2. The standard InChI is InChI=1S/C21H22N4O2/c1-15-13-19(25(2)14-16-7-5-4-6-8-16)24-21(22-15)23-18-11-9-17(10-12-18)20(26)27-3/h4-13H,14H2,1-3H3,(H,22,23,24). The van der Waals surface area contributed by atoms with E-state index in [9.17, 15) is 4.79 Å². The van der Waals surface area contributed by atoms with E-state index in [1.165, 1.54) is 12.7 Å². The summed E-state index contributed by atoms with van der Waals surface area (Å²) >= 11 is 0. The van der Waals surface area contributed by atoms with Gasteiger partial charge in [0.05, 0.1) is 12.7 Å². The predicted molar refractivity (Wildman–Crippen MR) is 106 cm³/mol. The number of methoxy groups -OCH3 is 1. The normalized spacial score (nSPS) is 10.3. The summed E-state index contributed by atoms with van der Waals surface area (Å²) in [5, 5.41) is 3.19. The number of nitrogens with zero attached hydrogens (tertiary/aromatic N) is 3. The molecule has 1 heterocycles. The fraction of sp³-hybridized carbons (Fsp3) is 0.190. The monoisotopic (exact) mass is 362 g/mol. The number of anilines is 3. The Morgan fingerprint density at radius 3 is 2.44 bits per heavy atom. The molecule has 0 saturated carbocycles. The van der Waals surface area contributed by atoms with E-state index in [2.05, 4.69) is 32.3 Å². The highest BCUT2D eigenvalue weighted by molar-refractivity contribution is 5.89. The lowest BCUT2D eigenvalue weighted by Gasteiger charge is -2.19. The number of carbonyl (C=O) groups is 1. The van der Waals surface area contributed by atoms with Crippen molar-refractivity contribution in [2.75, 3.05) is 24.4 Å². The van der Waals surface area contributed by atoms with Crippen molar-refractivity contribution < 1.29 is 9.53 Å². The van der Waals surface area contributed by atoms with Crippen LogP contribution in [-0.2, 0) is 11.3 Å². The van der Waals surface area contributed by atoms with E-state index in [1.54, 1.807) is 24.3 Å². The second kappa shape index (κ2) is 8.31. The van der Waals surface area contributed by atoms with Gasteiger partial charge in [0.1, 0.15) is 5.82 Å². The van der Waals surface area contributed by atoms with Gasteiger partial charge < -0.3 is 15.0 Å².